The molecule has 4 rings (SSSR count). The average molecular weight is 437 g/mol. The van der Waals surface area contributed by atoms with Gasteiger partial charge < -0.3 is 14.6 Å². The van der Waals surface area contributed by atoms with Crippen LogP contribution in [0.2, 0.25) is 0 Å². The summed E-state index contributed by atoms with van der Waals surface area (Å²) >= 11 is 0. The largest absolute Gasteiger partial charge is 0.496 e. The highest BCUT2D eigenvalue weighted by Crippen LogP contribution is 2.46. The molecule has 0 spiro atoms. The minimum atomic E-state index is 0.0140. The van der Waals surface area contributed by atoms with Crippen LogP contribution in [-0.2, 0) is 18.3 Å². The maximum absolute atomic E-state index is 9.71. The second-order valence-electron chi connectivity index (χ2n) is 11.5. The molecule has 2 aliphatic carbocycles. The van der Waals surface area contributed by atoms with Crippen molar-refractivity contribution in [3.8, 4) is 11.5 Å². The molecule has 3 heteroatoms. The molecule has 0 saturated heterocycles. The van der Waals surface area contributed by atoms with E-state index in [0.29, 0.717) is 18.4 Å². The maximum atomic E-state index is 9.71. The molecule has 1 fully saturated rings. The van der Waals surface area contributed by atoms with E-state index in [1.165, 1.54) is 35.1 Å². The number of fused-ring (bicyclic) bond motifs is 1. The molecule has 3 nitrogen and oxygen atoms in total. The molecule has 174 valence electrons. The Morgan fingerprint density at radius 1 is 1.06 bits per heavy atom. The lowest BCUT2D eigenvalue weighted by Crippen LogP contribution is -2.21. The molecule has 1 N–H and O–H groups in total. The van der Waals surface area contributed by atoms with Gasteiger partial charge in [-0.2, -0.15) is 0 Å². The maximum Gasteiger partial charge on any atom is 0.122 e. The summed E-state index contributed by atoms with van der Waals surface area (Å²) in [7, 11) is 1.73. The van der Waals surface area contributed by atoms with Gasteiger partial charge in [0, 0.05) is 12.2 Å². The van der Waals surface area contributed by atoms with E-state index in [4.69, 9.17) is 9.47 Å². The first-order chi connectivity index (χ1) is 15.2. The van der Waals surface area contributed by atoms with Gasteiger partial charge in [0.1, 0.15) is 11.5 Å². The van der Waals surface area contributed by atoms with Crippen LogP contribution in [0.5, 0.6) is 11.5 Å². The smallest absolute Gasteiger partial charge is 0.122 e. The zero-order valence-electron chi connectivity index (χ0n) is 20.5. The first-order valence-corrected chi connectivity index (χ1v) is 12.2. The van der Waals surface area contributed by atoms with Gasteiger partial charge in [-0.05, 0) is 96.1 Å². The number of aliphatic hydroxyl groups excluding tert-OH is 1. The summed E-state index contributed by atoms with van der Waals surface area (Å²) in [6, 6.07) is 13.4. The Bertz CT molecular complexity index is 942. The van der Waals surface area contributed by atoms with Gasteiger partial charge in [0.05, 0.1) is 13.7 Å². The molecule has 0 bridgehead atoms. The standard InChI is InChI=1S/C29H40O3/c1-28(2,3)26-16-25(10-11-27(26)31-5)32-18-20-6-7-22-15-23(9-8-21(22)14-20)24-12-13-29(4,17-24)19-30/h8-11,15-16,20,24,30H,6-7,12-14,17-19H2,1-5H3/t20-,24+,29+/m1/s1. The van der Waals surface area contributed by atoms with Crippen LogP contribution in [0, 0.1) is 11.3 Å². The van der Waals surface area contributed by atoms with Crippen molar-refractivity contribution in [2.75, 3.05) is 20.3 Å². The predicted octanol–water partition coefficient (Wildman–Crippen LogP) is 6.44. The Hall–Kier alpha value is -2.00. The molecular formula is C29H40O3. The Kier molecular flexibility index (Phi) is 6.58. The van der Waals surface area contributed by atoms with Gasteiger partial charge >= 0.3 is 0 Å². The minimum Gasteiger partial charge on any atom is -0.496 e. The summed E-state index contributed by atoms with van der Waals surface area (Å²) in [6.07, 6.45) is 6.85. The van der Waals surface area contributed by atoms with E-state index in [9.17, 15) is 5.11 Å². The molecular weight excluding hydrogens is 396 g/mol. The van der Waals surface area contributed by atoms with Crippen LogP contribution in [-0.4, -0.2) is 25.4 Å². The molecule has 0 aromatic heterocycles. The normalized spacial score (nSPS) is 25.4. The van der Waals surface area contributed by atoms with Gasteiger partial charge in [0.25, 0.3) is 0 Å². The highest BCUT2D eigenvalue weighted by molar-refractivity contribution is 5.44. The lowest BCUT2D eigenvalue weighted by atomic mass is 9.81. The number of methoxy groups -OCH3 is 1. The second kappa shape index (κ2) is 9.09. The van der Waals surface area contributed by atoms with Crippen molar-refractivity contribution >= 4 is 0 Å². The van der Waals surface area contributed by atoms with Crippen molar-refractivity contribution in [3.05, 3.63) is 58.7 Å². The summed E-state index contributed by atoms with van der Waals surface area (Å²) in [5.74, 6) is 3.02. The van der Waals surface area contributed by atoms with Crippen molar-refractivity contribution < 1.29 is 14.6 Å². The van der Waals surface area contributed by atoms with Gasteiger partial charge in [-0.1, -0.05) is 45.9 Å². The fourth-order valence-electron chi connectivity index (χ4n) is 5.57. The van der Waals surface area contributed by atoms with Crippen molar-refractivity contribution in [1.82, 2.24) is 0 Å². The lowest BCUT2D eigenvalue weighted by molar-refractivity contribution is 0.147. The third-order valence-electron chi connectivity index (χ3n) is 7.71. The van der Waals surface area contributed by atoms with E-state index in [2.05, 4.69) is 52.0 Å². The van der Waals surface area contributed by atoms with E-state index in [1.54, 1.807) is 7.11 Å². The SMILES string of the molecule is COc1ccc(OC[C@@H]2CCc3cc([C@H]4CC[C@](C)(CO)C4)ccc3C2)cc1C(C)(C)C. The molecule has 32 heavy (non-hydrogen) atoms. The quantitative estimate of drug-likeness (QED) is 0.566. The number of aliphatic hydroxyl groups is 1. The molecule has 2 aromatic carbocycles. The molecule has 0 amide bonds. The van der Waals surface area contributed by atoms with Gasteiger partial charge in [0.2, 0.25) is 0 Å². The molecule has 2 aliphatic rings. The average Bonchev–Trinajstić information content (AvgIpc) is 3.19. The molecule has 0 radical (unpaired) electrons. The number of hydrogen-bond acceptors (Lipinski definition) is 3. The van der Waals surface area contributed by atoms with Gasteiger partial charge in [-0.15, -0.1) is 0 Å². The fourth-order valence-corrected chi connectivity index (χ4v) is 5.57. The molecule has 0 heterocycles. The van der Waals surface area contributed by atoms with Crippen LogP contribution >= 0.6 is 0 Å². The topological polar surface area (TPSA) is 38.7 Å². The highest BCUT2D eigenvalue weighted by Gasteiger charge is 2.35. The van der Waals surface area contributed by atoms with Gasteiger partial charge in [-0.3, -0.25) is 0 Å². The van der Waals surface area contributed by atoms with Crippen molar-refractivity contribution in [3.63, 3.8) is 0 Å². The molecule has 3 atom stereocenters. The van der Waals surface area contributed by atoms with E-state index in [0.717, 1.165) is 43.8 Å². The zero-order chi connectivity index (χ0) is 22.9. The zero-order valence-corrected chi connectivity index (χ0v) is 20.5. The first-order valence-electron chi connectivity index (χ1n) is 12.2. The van der Waals surface area contributed by atoms with E-state index in [1.807, 2.05) is 12.1 Å². The van der Waals surface area contributed by atoms with E-state index in [-0.39, 0.29) is 10.8 Å². The predicted molar refractivity (Wildman–Crippen MR) is 131 cm³/mol. The summed E-state index contributed by atoms with van der Waals surface area (Å²) in [5.41, 5.74) is 5.79. The Morgan fingerprint density at radius 3 is 2.56 bits per heavy atom. The van der Waals surface area contributed by atoms with Gasteiger partial charge in [-0.25, -0.2) is 0 Å². The number of hydrogen-bond donors (Lipinski definition) is 1. The van der Waals surface area contributed by atoms with E-state index < -0.39 is 0 Å². The van der Waals surface area contributed by atoms with Gasteiger partial charge in [0.15, 0.2) is 0 Å². The van der Waals surface area contributed by atoms with Crippen molar-refractivity contribution in [2.45, 2.75) is 77.6 Å². The Labute approximate surface area is 194 Å². The molecule has 1 saturated carbocycles. The van der Waals surface area contributed by atoms with Crippen LogP contribution in [0.4, 0.5) is 0 Å². The third kappa shape index (κ3) is 4.98. The molecule has 0 unspecified atom stereocenters. The minimum absolute atomic E-state index is 0.0140. The lowest BCUT2D eigenvalue weighted by Gasteiger charge is -2.27. The summed E-state index contributed by atoms with van der Waals surface area (Å²) in [4.78, 5) is 0. The Morgan fingerprint density at radius 2 is 1.88 bits per heavy atom. The second-order valence-corrected chi connectivity index (χ2v) is 11.5. The van der Waals surface area contributed by atoms with Crippen LogP contribution in [0.3, 0.4) is 0 Å². The third-order valence-corrected chi connectivity index (χ3v) is 7.71. The first kappa shape index (κ1) is 23.2. The van der Waals surface area contributed by atoms with Crippen LogP contribution in [0.15, 0.2) is 36.4 Å². The number of aryl methyl sites for hydroxylation is 1. The number of rotatable bonds is 6. The molecule has 0 aliphatic heterocycles. The summed E-state index contributed by atoms with van der Waals surface area (Å²) < 4.78 is 11.8. The number of benzene rings is 2. The Balaban J connectivity index is 1.38. The van der Waals surface area contributed by atoms with Crippen LogP contribution in [0.1, 0.15) is 81.5 Å². The molecule has 2 aromatic rings. The van der Waals surface area contributed by atoms with Crippen molar-refractivity contribution in [1.29, 1.82) is 0 Å². The van der Waals surface area contributed by atoms with E-state index >= 15 is 0 Å². The summed E-state index contributed by atoms with van der Waals surface area (Å²) in [5, 5.41) is 9.71. The van der Waals surface area contributed by atoms with Crippen LogP contribution < -0.4 is 9.47 Å². The van der Waals surface area contributed by atoms with Crippen molar-refractivity contribution in [2.24, 2.45) is 11.3 Å². The monoisotopic (exact) mass is 436 g/mol. The number of ether oxygens (including phenoxy) is 2. The highest BCUT2D eigenvalue weighted by atomic mass is 16.5. The summed E-state index contributed by atoms with van der Waals surface area (Å²) in [6.45, 7) is 9.91. The van der Waals surface area contributed by atoms with Crippen LogP contribution in [0.25, 0.3) is 0 Å². The fraction of sp³-hybridized carbons (Fsp3) is 0.586.